The molecule has 0 bridgehead atoms. The van der Waals surface area contributed by atoms with Crippen LogP contribution in [0.3, 0.4) is 0 Å². The fraction of sp³-hybridized carbons (Fsp3) is 0.333. The Kier molecular flexibility index (Phi) is 3.39. The molecule has 0 saturated carbocycles. The number of para-hydroxylation sites is 1. The van der Waals surface area contributed by atoms with Gasteiger partial charge in [-0.2, -0.15) is 0 Å². The summed E-state index contributed by atoms with van der Waals surface area (Å²) in [5.41, 5.74) is 5.34. The number of hydrogen-bond donors (Lipinski definition) is 1. The largest absolute Gasteiger partial charge is 0.497 e. The van der Waals surface area contributed by atoms with Gasteiger partial charge in [0.1, 0.15) is 5.75 Å². The standard InChI is InChI=1S/C18H21NO/c1-12-11-15(20-3)8-9-16(12)18-13(2)10-14-6-4-5-7-17(14)19-18/h4-9,11,13,18-19H,10H2,1-3H3. The van der Waals surface area contributed by atoms with Crippen LogP contribution in [0.5, 0.6) is 5.75 Å². The first kappa shape index (κ1) is 13.0. The van der Waals surface area contributed by atoms with Gasteiger partial charge < -0.3 is 10.1 Å². The number of fused-ring (bicyclic) bond motifs is 1. The third-order valence-corrected chi connectivity index (χ3v) is 4.25. The summed E-state index contributed by atoms with van der Waals surface area (Å²) in [5.74, 6) is 1.51. The van der Waals surface area contributed by atoms with Crippen LogP contribution < -0.4 is 10.1 Å². The average molecular weight is 267 g/mol. The van der Waals surface area contributed by atoms with E-state index in [4.69, 9.17) is 4.74 Å². The second kappa shape index (κ2) is 5.20. The van der Waals surface area contributed by atoms with Crippen molar-refractivity contribution in [1.29, 1.82) is 0 Å². The van der Waals surface area contributed by atoms with E-state index in [-0.39, 0.29) is 0 Å². The van der Waals surface area contributed by atoms with Crippen molar-refractivity contribution in [3.05, 3.63) is 59.2 Å². The number of benzene rings is 2. The Labute approximate surface area is 120 Å². The molecular weight excluding hydrogens is 246 g/mol. The molecule has 1 aliphatic rings. The van der Waals surface area contributed by atoms with Gasteiger partial charge in [0, 0.05) is 5.69 Å². The molecule has 2 unspecified atom stereocenters. The molecule has 2 aromatic carbocycles. The number of ether oxygens (including phenoxy) is 1. The normalized spacial score (nSPS) is 20.9. The van der Waals surface area contributed by atoms with E-state index in [2.05, 4.69) is 61.6 Å². The fourth-order valence-electron chi connectivity index (χ4n) is 3.12. The zero-order valence-corrected chi connectivity index (χ0v) is 12.3. The fourth-order valence-corrected chi connectivity index (χ4v) is 3.12. The summed E-state index contributed by atoms with van der Waals surface area (Å²) in [6, 6.07) is 15.3. The van der Waals surface area contributed by atoms with Crippen LogP contribution in [0.15, 0.2) is 42.5 Å². The van der Waals surface area contributed by atoms with Gasteiger partial charge in [0.05, 0.1) is 13.2 Å². The average Bonchev–Trinajstić information content (AvgIpc) is 2.46. The summed E-state index contributed by atoms with van der Waals surface area (Å²) in [6.07, 6.45) is 1.12. The molecule has 2 aromatic rings. The predicted molar refractivity (Wildman–Crippen MR) is 83.4 cm³/mol. The number of methoxy groups -OCH3 is 1. The molecule has 0 amide bonds. The van der Waals surface area contributed by atoms with Gasteiger partial charge in [0.15, 0.2) is 0 Å². The molecule has 0 aliphatic carbocycles. The van der Waals surface area contributed by atoms with Crippen molar-refractivity contribution in [2.45, 2.75) is 26.3 Å². The summed E-state index contributed by atoms with van der Waals surface area (Å²) < 4.78 is 5.30. The minimum absolute atomic E-state index is 0.371. The van der Waals surface area contributed by atoms with Gasteiger partial charge in [-0.15, -0.1) is 0 Å². The third-order valence-electron chi connectivity index (χ3n) is 4.25. The number of aryl methyl sites for hydroxylation is 1. The second-order valence-corrected chi connectivity index (χ2v) is 5.68. The molecule has 0 spiro atoms. The van der Waals surface area contributed by atoms with Crippen LogP contribution in [0.25, 0.3) is 0 Å². The predicted octanol–water partition coefficient (Wildman–Crippen LogP) is 4.35. The summed E-state index contributed by atoms with van der Waals surface area (Å²) in [6.45, 7) is 4.48. The zero-order chi connectivity index (χ0) is 14.1. The van der Waals surface area contributed by atoms with Gasteiger partial charge in [-0.25, -0.2) is 0 Å². The Balaban J connectivity index is 1.95. The van der Waals surface area contributed by atoms with Crippen LogP contribution in [0, 0.1) is 12.8 Å². The number of hydrogen-bond acceptors (Lipinski definition) is 2. The van der Waals surface area contributed by atoms with Crippen molar-refractivity contribution in [3.63, 3.8) is 0 Å². The second-order valence-electron chi connectivity index (χ2n) is 5.68. The molecule has 20 heavy (non-hydrogen) atoms. The van der Waals surface area contributed by atoms with Crippen molar-refractivity contribution >= 4 is 5.69 Å². The van der Waals surface area contributed by atoms with E-state index in [1.54, 1.807) is 7.11 Å². The van der Waals surface area contributed by atoms with Crippen LogP contribution >= 0.6 is 0 Å². The Bertz CT molecular complexity index is 621. The molecule has 104 valence electrons. The van der Waals surface area contributed by atoms with Crippen molar-refractivity contribution in [2.75, 3.05) is 12.4 Å². The molecule has 0 radical (unpaired) electrons. The summed E-state index contributed by atoms with van der Waals surface area (Å²) in [7, 11) is 1.71. The molecule has 0 fully saturated rings. The van der Waals surface area contributed by atoms with E-state index in [0.717, 1.165) is 12.2 Å². The SMILES string of the molecule is COc1ccc(C2Nc3ccccc3CC2C)c(C)c1. The maximum Gasteiger partial charge on any atom is 0.119 e. The van der Waals surface area contributed by atoms with Crippen LogP contribution in [0.4, 0.5) is 5.69 Å². The lowest BCUT2D eigenvalue weighted by Crippen LogP contribution is -2.26. The Morgan fingerprint density at radius 2 is 1.95 bits per heavy atom. The highest BCUT2D eigenvalue weighted by atomic mass is 16.5. The highest BCUT2D eigenvalue weighted by molar-refractivity contribution is 5.56. The van der Waals surface area contributed by atoms with Crippen molar-refractivity contribution in [1.82, 2.24) is 0 Å². The molecule has 2 atom stereocenters. The van der Waals surface area contributed by atoms with E-state index in [1.807, 2.05) is 0 Å². The van der Waals surface area contributed by atoms with Gasteiger partial charge in [-0.05, 0) is 54.2 Å². The topological polar surface area (TPSA) is 21.3 Å². The van der Waals surface area contributed by atoms with E-state index >= 15 is 0 Å². The first-order valence-corrected chi connectivity index (χ1v) is 7.18. The van der Waals surface area contributed by atoms with E-state index in [9.17, 15) is 0 Å². The maximum atomic E-state index is 5.30. The molecule has 0 aromatic heterocycles. The van der Waals surface area contributed by atoms with Gasteiger partial charge >= 0.3 is 0 Å². The first-order chi connectivity index (χ1) is 9.69. The van der Waals surface area contributed by atoms with Crippen molar-refractivity contribution < 1.29 is 4.74 Å². The summed E-state index contributed by atoms with van der Waals surface area (Å²) in [4.78, 5) is 0. The van der Waals surface area contributed by atoms with Gasteiger partial charge in [-0.3, -0.25) is 0 Å². The quantitative estimate of drug-likeness (QED) is 0.873. The van der Waals surface area contributed by atoms with Crippen LogP contribution in [0.2, 0.25) is 0 Å². The van der Waals surface area contributed by atoms with Gasteiger partial charge in [0.25, 0.3) is 0 Å². The highest BCUT2D eigenvalue weighted by Gasteiger charge is 2.26. The Hall–Kier alpha value is -1.96. The molecular formula is C18H21NO. The molecule has 3 rings (SSSR count). The minimum Gasteiger partial charge on any atom is -0.497 e. The lowest BCUT2D eigenvalue weighted by molar-refractivity contribution is 0.413. The molecule has 1 aliphatic heterocycles. The monoisotopic (exact) mass is 267 g/mol. The third kappa shape index (κ3) is 2.26. The smallest absolute Gasteiger partial charge is 0.119 e. The molecule has 1 heterocycles. The molecule has 2 nitrogen and oxygen atoms in total. The molecule has 1 N–H and O–H groups in total. The van der Waals surface area contributed by atoms with Crippen LogP contribution in [-0.2, 0) is 6.42 Å². The Morgan fingerprint density at radius 3 is 2.70 bits per heavy atom. The van der Waals surface area contributed by atoms with Crippen LogP contribution in [-0.4, -0.2) is 7.11 Å². The van der Waals surface area contributed by atoms with Crippen molar-refractivity contribution in [3.8, 4) is 5.75 Å². The Morgan fingerprint density at radius 1 is 1.15 bits per heavy atom. The molecule has 2 heteroatoms. The van der Waals surface area contributed by atoms with Gasteiger partial charge in [-0.1, -0.05) is 31.2 Å². The van der Waals surface area contributed by atoms with Gasteiger partial charge in [0.2, 0.25) is 0 Å². The van der Waals surface area contributed by atoms with Crippen LogP contribution in [0.1, 0.15) is 29.7 Å². The minimum atomic E-state index is 0.371. The summed E-state index contributed by atoms with van der Waals surface area (Å²) >= 11 is 0. The highest BCUT2D eigenvalue weighted by Crippen LogP contribution is 2.38. The van der Waals surface area contributed by atoms with Crippen molar-refractivity contribution in [2.24, 2.45) is 5.92 Å². The lowest BCUT2D eigenvalue weighted by atomic mass is 9.83. The van der Waals surface area contributed by atoms with E-state index in [0.29, 0.717) is 12.0 Å². The molecule has 0 saturated heterocycles. The lowest BCUT2D eigenvalue weighted by Gasteiger charge is -2.34. The van der Waals surface area contributed by atoms with E-state index < -0.39 is 0 Å². The summed E-state index contributed by atoms with van der Waals surface area (Å²) in [5, 5.41) is 3.70. The number of anilines is 1. The number of rotatable bonds is 2. The maximum absolute atomic E-state index is 5.30. The number of nitrogens with one attached hydrogen (secondary N) is 1. The first-order valence-electron chi connectivity index (χ1n) is 7.18. The van der Waals surface area contributed by atoms with E-state index in [1.165, 1.54) is 22.4 Å². The zero-order valence-electron chi connectivity index (χ0n) is 12.3.